The molecule has 0 aliphatic rings. The molecule has 3 N–H and O–H groups in total. The number of para-hydroxylation sites is 2. The van der Waals surface area contributed by atoms with Crippen molar-refractivity contribution in [2.75, 3.05) is 12.3 Å². The number of nitrogen functional groups attached to an aromatic ring is 1. The Balaban J connectivity index is 1.70. The third-order valence-electron chi connectivity index (χ3n) is 3.64. The Hall–Kier alpha value is -3.28. The van der Waals surface area contributed by atoms with Gasteiger partial charge in [0.25, 0.3) is 5.91 Å². The van der Waals surface area contributed by atoms with E-state index in [4.69, 9.17) is 14.9 Å². The van der Waals surface area contributed by atoms with E-state index in [2.05, 4.69) is 10.3 Å². The summed E-state index contributed by atoms with van der Waals surface area (Å²) >= 11 is 0. The summed E-state index contributed by atoms with van der Waals surface area (Å²) in [6, 6.07) is 14.8. The molecule has 0 radical (unpaired) electrons. The van der Waals surface area contributed by atoms with Crippen molar-refractivity contribution in [3.63, 3.8) is 0 Å². The highest BCUT2D eigenvalue weighted by atomic mass is 16.5. The molecule has 0 bridgehead atoms. The van der Waals surface area contributed by atoms with E-state index in [0.29, 0.717) is 30.3 Å². The lowest BCUT2D eigenvalue weighted by Gasteiger charge is -2.10. The quantitative estimate of drug-likeness (QED) is 0.674. The zero-order chi connectivity index (χ0) is 17.6. The average Bonchev–Trinajstić information content (AvgIpc) is 3.11. The Morgan fingerprint density at radius 3 is 2.76 bits per heavy atom. The van der Waals surface area contributed by atoms with Crippen molar-refractivity contribution in [2.45, 2.75) is 13.5 Å². The fourth-order valence-corrected chi connectivity index (χ4v) is 2.41. The van der Waals surface area contributed by atoms with Crippen LogP contribution in [0.4, 0.5) is 5.69 Å². The minimum atomic E-state index is -0.323. The van der Waals surface area contributed by atoms with Gasteiger partial charge in [0.1, 0.15) is 12.0 Å². The van der Waals surface area contributed by atoms with Gasteiger partial charge in [0.05, 0.1) is 12.2 Å². The van der Waals surface area contributed by atoms with Gasteiger partial charge in [0, 0.05) is 17.8 Å². The lowest BCUT2D eigenvalue weighted by atomic mass is 10.2. The summed E-state index contributed by atoms with van der Waals surface area (Å²) in [4.78, 5) is 16.5. The number of amides is 1. The third kappa shape index (κ3) is 3.80. The summed E-state index contributed by atoms with van der Waals surface area (Å²) in [6.45, 7) is 2.82. The number of anilines is 1. The van der Waals surface area contributed by atoms with Gasteiger partial charge in [-0.15, -0.1) is 0 Å². The fourth-order valence-electron chi connectivity index (χ4n) is 2.41. The second kappa shape index (κ2) is 7.53. The number of rotatable bonds is 6. The molecule has 1 amide bonds. The van der Waals surface area contributed by atoms with Crippen LogP contribution in [0.1, 0.15) is 23.0 Å². The van der Waals surface area contributed by atoms with Gasteiger partial charge in [-0.2, -0.15) is 0 Å². The molecule has 25 heavy (non-hydrogen) atoms. The normalized spacial score (nSPS) is 10.4. The molecule has 6 heteroatoms. The van der Waals surface area contributed by atoms with Gasteiger partial charge in [-0.25, -0.2) is 4.98 Å². The van der Waals surface area contributed by atoms with Gasteiger partial charge in [0.2, 0.25) is 5.89 Å². The Morgan fingerprint density at radius 1 is 1.20 bits per heavy atom. The third-order valence-corrected chi connectivity index (χ3v) is 3.64. The van der Waals surface area contributed by atoms with Crippen molar-refractivity contribution in [1.82, 2.24) is 10.3 Å². The van der Waals surface area contributed by atoms with Crippen LogP contribution in [0.5, 0.6) is 5.75 Å². The lowest BCUT2D eigenvalue weighted by molar-refractivity contribution is 0.0945. The van der Waals surface area contributed by atoms with Gasteiger partial charge in [-0.3, -0.25) is 4.79 Å². The second-order valence-corrected chi connectivity index (χ2v) is 5.35. The van der Waals surface area contributed by atoms with Crippen molar-refractivity contribution in [3.8, 4) is 17.2 Å². The number of hydrogen-bond donors (Lipinski definition) is 2. The SMILES string of the molecule is CCOc1ccccc1CNC(=O)c1coc(-c2ccccc2N)n1. The first kappa shape index (κ1) is 16.6. The van der Waals surface area contributed by atoms with Crippen molar-refractivity contribution >= 4 is 11.6 Å². The molecule has 1 heterocycles. The minimum Gasteiger partial charge on any atom is -0.494 e. The first-order chi connectivity index (χ1) is 12.2. The number of nitrogens with two attached hydrogens (primary N) is 1. The molecule has 0 saturated carbocycles. The van der Waals surface area contributed by atoms with E-state index in [-0.39, 0.29) is 11.6 Å². The van der Waals surface area contributed by atoms with E-state index in [9.17, 15) is 4.79 Å². The average molecular weight is 337 g/mol. The molecular formula is C19H19N3O3. The van der Waals surface area contributed by atoms with E-state index >= 15 is 0 Å². The van der Waals surface area contributed by atoms with E-state index in [1.807, 2.05) is 43.3 Å². The standard InChI is InChI=1S/C19H19N3O3/c1-2-24-17-10-6-3-7-13(17)11-21-18(23)16-12-25-19(22-16)14-8-4-5-9-15(14)20/h3-10,12H,2,11,20H2,1H3,(H,21,23). The highest BCUT2D eigenvalue weighted by Crippen LogP contribution is 2.24. The molecule has 3 rings (SSSR count). The Labute approximate surface area is 145 Å². The number of hydrogen-bond acceptors (Lipinski definition) is 5. The van der Waals surface area contributed by atoms with Gasteiger partial charge in [-0.1, -0.05) is 30.3 Å². The first-order valence-electron chi connectivity index (χ1n) is 7.98. The smallest absolute Gasteiger partial charge is 0.273 e. The molecule has 1 aromatic heterocycles. The second-order valence-electron chi connectivity index (χ2n) is 5.35. The summed E-state index contributed by atoms with van der Waals surface area (Å²) < 4.78 is 10.9. The van der Waals surface area contributed by atoms with Crippen molar-refractivity contribution in [1.29, 1.82) is 0 Å². The number of benzene rings is 2. The summed E-state index contributed by atoms with van der Waals surface area (Å²) in [6.07, 6.45) is 1.32. The van der Waals surface area contributed by atoms with Gasteiger partial charge < -0.3 is 20.2 Å². The highest BCUT2D eigenvalue weighted by molar-refractivity contribution is 5.92. The zero-order valence-corrected chi connectivity index (χ0v) is 13.9. The van der Waals surface area contributed by atoms with Crippen LogP contribution in [-0.2, 0) is 6.54 Å². The predicted molar refractivity (Wildman–Crippen MR) is 95.1 cm³/mol. The maximum absolute atomic E-state index is 12.3. The number of nitrogens with one attached hydrogen (secondary N) is 1. The van der Waals surface area contributed by atoms with Crippen LogP contribution in [0.3, 0.4) is 0 Å². The molecule has 0 aliphatic carbocycles. The van der Waals surface area contributed by atoms with E-state index < -0.39 is 0 Å². The van der Waals surface area contributed by atoms with Crippen molar-refractivity contribution < 1.29 is 13.9 Å². The monoisotopic (exact) mass is 337 g/mol. The van der Waals surface area contributed by atoms with Crippen LogP contribution < -0.4 is 15.8 Å². The summed E-state index contributed by atoms with van der Waals surface area (Å²) in [5, 5.41) is 2.82. The topological polar surface area (TPSA) is 90.4 Å². The molecule has 2 aromatic carbocycles. The molecule has 0 atom stereocenters. The largest absolute Gasteiger partial charge is 0.494 e. The van der Waals surface area contributed by atoms with E-state index in [1.54, 1.807) is 12.1 Å². The Bertz CT molecular complexity index is 874. The van der Waals surface area contributed by atoms with Gasteiger partial charge in [-0.05, 0) is 25.1 Å². The molecule has 128 valence electrons. The highest BCUT2D eigenvalue weighted by Gasteiger charge is 2.15. The Morgan fingerprint density at radius 2 is 1.96 bits per heavy atom. The van der Waals surface area contributed by atoms with Crippen LogP contribution in [0, 0.1) is 0 Å². The van der Waals surface area contributed by atoms with Gasteiger partial charge >= 0.3 is 0 Å². The molecule has 6 nitrogen and oxygen atoms in total. The van der Waals surface area contributed by atoms with Crippen LogP contribution in [0.15, 0.2) is 59.2 Å². The van der Waals surface area contributed by atoms with Crippen LogP contribution in [-0.4, -0.2) is 17.5 Å². The number of aromatic nitrogens is 1. The molecule has 0 unspecified atom stereocenters. The fraction of sp³-hybridized carbons (Fsp3) is 0.158. The first-order valence-corrected chi connectivity index (χ1v) is 7.98. The van der Waals surface area contributed by atoms with Crippen molar-refractivity contribution in [3.05, 3.63) is 66.1 Å². The molecule has 0 saturated heterocycles. The molecule has 0 fully saturated rings. The van der Waals surface area contributed by atoms with E-state index in [1.165, 1.54) is 6.26 Å². The predicted octanol–water partition coefficient (Wildman–Crippen LogP) is 3.25. The maximum atomic E-state index is 12.3. The number of carbonyl (C=O) groups excluding carboxylic acids is 1. The zero-order valence-electron chi connectivity index (χ0n) is 13.9. The van der Waals surface area contributed by atoms with Crippen molar-refractivity contribution in [2.24, 2.45) is 0 Å². The molecule has 3 aromatic rings. The number of oxazole rings is 1. The molecule has 0 spiro atoms. The summed E-state index contributed by atoms with van der Waals surface area (Å²) in [5.41, 5.74) is 8.20. The van der Waals surface area contributed by atoms with Crippen LogP contribution in [0.25, 0.3) is 11.5 Å². The van der Waals surface area contributed by atoms with E-state index in [0.717, 1.165) is 11.3 Å². The van der Waals surface area contributed by atoms with Crippen LogP contribution in [0.2, 0.25) is 0 Å². The molecular weight excluding hydrogens is 318 g/mol. The number of ether oxygens (including phenoxy) is 1. The Kier molecular flexibility index (Phi) is 4.99. The number of nitrogens with zero attached hydrogens (tertiary/aromatic N) is 1. The minimum absolute atomic E-state index is 0.201. The number of carbonyl (C=O) groups is 1. The summed E-state index contributed by atoms with van der Waals surface area (Å²) in [5.74, 6) is 0.747. The summed E-state index contributed by atoms with van der Waals surface area (Å²) in [7, 11) is 0. The van der Waals surface area contributed by atoms with Gasteiger partial charge in [0.15, 0.2) is 5.69 Å². The van der Waals surface area contributed by atoms with Crippen LogP contribution >= 0.6 is 0 Å². The lowest BCUT2D eigenvalue weighted by Crippen LogP contribution is -2.23. The maximum Gasteiger partial charge on any atom is 0.273 e. The molecule has 0 aliphatic heterocycles.